The highest BCUT2D eigenvalue weighted by Gasteiger charge is 2.51. The zero-order chi connectivity index (χ0) is 28.4. The lowest BCUT2D eigenvalue weighted by Crippen LogP contribution is -2.27. The van der Waals surface area contributed by atoms with Crippen LogP contribution in [0.4, 0.5) is 10.6 Å². The first-order valence-corrected chi connectivity index (χ1v) is 13.4. The maximum absolute atomic E-state index is 12.9. The summed E-state index contributed by atoms with van der Waals surface area (Å²) in [5.41, 5.74) is 4.64. The maximum Gasteiger partial charge on any atom is 0.413 e. The Labute approximate surface area is 238 Å². The van der Waals surface area contributed by atoms with Crippen molar-refractivity contribution in [1.29, 1.82) is 0 Å². The predicted octanol–water partition coefficient (Wildman–Crippen LogP) is 7.61. The lowest BCUT2D eigenvalue weighted by molar-refractivity contribution is -0.140. The van der Waals surface area contributed by atoms with Gasteiger partial charge in [-0.05, 0) is 61.1 Å². The lowest BCUT2D eigenvalue weighted by Gasteiger charge is -2.25. The molecular weight excluding hydrogens is 526 g/mol. The number of carboxylic acid groups (broad SMARTS) is 1. The Morgan fingerprint density at radius 2 is 1.62 bits per heavy atom. The van der Waals surface area contributed by atoms with E-state index in [1.54, 1.807) is 0 Å². The molecule has 1 saturated carbocycles. The smallest absolute Gasteiger partial charge is 0.413 e. The van der Waals surface area contributed by atoms with E-state index in [4.69, 9.17) is 16.3 Å². The summed E-state index contributed by atoms with van der Waals surface area (Å²) in [5, 5.41) is 16.9. The zero-order valence-electron chi connectivity index (χ0n) is 22.3. The molecule has 0 bridgehead atoms. The molecular formula is C32H30ClN3O4. The minimum absolute atomic E-state index is 0.159. The SMILES string of the molecule is C=C(C)[C@@H](c1ccccc1)[C@@H](C)OC(=O)Nc1c(Cl)cnn1-c1ccc(-c2ccc(C3(C(=O)O)CC3)cc2)cc1. The van der Waals surface area contributed by atoms with Crippen LogP contribution in [0.2, 0.25) is 5.02 Å². The Bertz CT molecular complexity index is 1540. The first-order chi connectivity index (χ1) is 19.2. The molecule has 0 spiro atoms. The second-order valence-electron chi connectivity index (χ2n) is 10.2. The highest BCUT2D eigenvalue weighted by Crippen LogP contribution is 2.48. The minimum Gasteiger partial charge on any atom is -0.481 e. The van der Waals surface area contributed by atoms with E-state index in [1.165, 1.54) is 10.9 Å². The molecule has 1 heterocycles. The molecule has 1 aliphatic carbocycles. The van der Waals surface area contributed by atoms with Crippen molar-refractivity contribution in [3.05, 3.63) is 113 Å². The molecule has 5 rings (SSSR count). The molecule has 2 N–H and O–H groups in total. The van der Waals surface area contributed by atoms with Crippen molar-refractivity contribution in [2.24, 2.45) is 0 Å². The second kappa shape index (κ2) is 11.0. The van der Waals surface area contributed by atoms with Crippen LogP contribution in [0.25, 0.3) is 16.8 Å². The number of aromatic nitrogens is 2. The third-order valence-electron chi connectivity index (χ3n) is 7.44. The number of nitrogens with zero attached hydrogens (tertiary/aromatic N) is 2. The number of aliphatic carboxylic acids is 1. The number of carbonyl (C=O) groups excluding carboxylic acids is 1. The number of amides is 1. The standard InChI is InChI=1S/C32H30ClN3O4/c1-20(2)28(24-7-5-4-6-8-24)21(3)40-31(39)35-29-27(33)19-34-36(29)26-15-11-23(12-16-26)22-9-13-25(14-10-22)32(17-18-32)30(37)38/h4-16,19,21,28H,1,17-18H2,2-3H3,(H,35,39)(H,37,38)/t21-,28-/m1/s1. The Morgan fingerprint density at radius 1 is 1.02 bits per heavy atom. The van der Waals surface area contributed by atoms with E-state index in [0.29, 0.717) is 24.3 Å². The highest BCUT2D eigenvalue weighted by atomic mass is 35.5. The molecule has 3 aromatic carbocycles. The van der Waals surface area contributed by atoms with Crippen LogP contribution in [-0.2, 0) is 14.9 Å². The largest absolute Gasteiger partial charge is 0.481 e. The molecule has 4 aromatic rings. The van der Waals surface area contributed by atoms with Gasteiger partial charge in [-0.1, -0.05) is 90.5 Å². The third-order valence-corrected chi connectivity index (χ3v) is 7.72. The van der Waals surface area contributed by atoms with E-state index in [9.17, 15) is 14.7 Å². The van der Waals surface area contributed by atoms with Gasteiger partial charge in [-0.15, -0.1) is 0 Å². The Hall–Kier alpha value is -4.36. The first-order valence-electron chi connectivity index (χ1n) is 13.1. The average Bonchev–Trinajstić information content (AvgIpc) is 3.69. The molecule has 2 atom stereocenters. The lowest BCUT2D eigenvalue weighted by atomic mass is 9.88. The summed E-state index contributed by atoms with van der Waals surface area (Å²) in [4.78, 5) is 24.5. The Morgan fingerprint density at radius 3 is 2.17 bits per heavy atom. The van der Waals surface area contributed by atoms with Crippen LogP contribution in [0, 0.1) is 0 Å². The van der Waals surface area contributed by atoms with Crippen LogP contribution in [-0.4, -0.2) is 33.1 Å². The summed E-state index contributed by atoms with van der Waals surface area (Å²) < 4.78 is 7.27. The molecule has 1 amide bonds. The van der Waals surface area contributed by atoms with Crippen LogP contribution in [0.3, 0.4) is 0 Å². The number of benzene rings is 3. The van der Waals surface area contributed by atoms with Crippen molar-refractivity contribution < 1.29 is 19.4 Å². The van der Waals surface area contributed by atoms with Crippen molar-refractivity contribution in [2.45, 2.75) is 44.1 Å². The molecule has 1 aromatic heterocycles. The summed E-state index contributed by atoms with van der Waals surface area (Å²) in [6.07, 6.45) is 1.69. The molecule has 0 aliphatic heterocycles. The quantitative estimate of drug-likeness (QED) is 0.207. The fourth-order valence-corrected chi connectivity index (χ4v) is 5.32. The van der Waals surface area contributed by atoms with Crippen LogP contribution in [0.1, 0.15) is 43.7 Å². The van der Waals surface area contributed by atoms with Gasteiger partial charge >= 0.3 is 12.1 Å². The number of anilines is 1. The number of hydrogen-bond acceptors (Lipinski definition) is 4. The van der Waals surface area contributed by atoms with E-state index in [1.807, 2.05) is 92.7 Å². The Kier molecular flexibility index (Phi) is 7.50. The van der Waals surface area contributed by atoms with Crippen molar-refractivity contribution >= 4 is 29.5 Å². The van der Waals surface area contributed by atoms with E-state index in [-0.39, 0.29) is 10.9 Å². The molecule has 1 fully saturated rings. The summed E-state index contributed by atoms with van der Waals surface area (Å²) in [7, 11) is 0. The second-order valence-corrected chi connectivity index (χ2v) is 10.6. The number of carboxylic acids is 1. The number of rotatable bonds is 9. The normalized spacial score (nSPS) is 15.1. The number of carbonyl (C=O) groups is 2. The van der Waals surface area contributed by atoms with Gasteiger partial charge in [-0.25, -0.2) is 9.48 Å². The summed E-state index contributed by atoms with van der Waals surface area (Å²) in [6, 6.07) is 25.1. The van der Waals surface area contributed by atoms with Gasteiger partial charge in [0, 0.05) is 5.92 Å². The monoisotopic (exact) mass is 555 g/mol. The zero-order valence-corrected chi connectivity index (χ0v) is 23.1. The van der Waals surface area contributed by atoms with Gasteiger partial charge < -0.3 is 9.84 Å². The van der Waals surface area contributed by atoms with Gasteiger partial charge in [0.2, 0.25) is 0 Å². The topological polar surface area (TPSA) is 93.5 Å². The van der Waals surface area contributed by atoms with Crippen LogP contribution >= 0.6 is 11.6 Å². The molecule has 40 heavy (non-hydrogen) atoms. The van der Waals surface area contributed by atoms with Gasteiger partial charge in [0.25, 0.3) is 0 Å². The van der Waals surface area contributed by atoms with Gasteiger partial charge in [0.1, 0.15) is 11.1 Å². The highest BCUT2D eigenvalue weighted by molar-refractivity contribution is 6.33. The number of hydrogen-bond donors (Lipinski definition) is 2. The van der Waals surface area contributed by atoms with Crippen molar-refractivity contribution in [2.75, 3.05) is 5.32 Å². The van der Waals surface area contributed by atoms with Crippen molar-refractivity contribution in [3.63, 3.8) is 0 Å². The van der Waals surface area contributed by atoms with Crippen molar-refractivity contribution in [3.8, 4) is 16.8 Å². The number of nitrogens with one attached hydrogen (secondary N) is 1. The van der Waals surface area contributed by atoms with Crippen molar-refractivity contribution in [1.82, 2.24) is 9.78 Å². The molecule has 204 valence electrons. The molecule has 8 heteroatoms. The molecule has 0 unspecified atom stereocenters. The van der Waals surface area contributed by atoms with E-state index < -0.39 is 23.6 Å². The van der Waals surface area contributed by atoms with E-state index in [2.05, 4.69) is 17.0 Å². The molecule has 1 aliphatic rings. The number of ether oxygens (including phenoxy) is 1. The third kappa shape index (κ3) is 5.38. The molecule has 0 radical (unpaired) electrons. The average molecular weight is 556 g/mol. The van der Waals surface area contributed by atoms with Crippen LogP contribution in [0.15, 0.2) is 97.2 Å². The first kappa shape index (κ1) is 27.2. The van der Waals surface area contributed by atoms with E-state index in [0.717, 1.165) is 27.8 Å². The maximum atomic E-state index is 12.9. The van der Waals surface area contributed by atoms with E-state index >= 15 is 0 Å². The van der Waals surface area contributed by atoms with Gasteiger partial charge in [-0.3, -0.25) is 10.1 Å². The minimum atomic E-state index is -0.767. The molecule has 7 nitrogen and oxygen atoms in total. The molecule has 0 saturated heterocycles. The van der Waals surface area contributed by atoms with Gasteiger partial charge in [0.05, 0.1) is 17.3 Å². The number of halogens is 1. The van der Waals surface area contributed by atoms with Crippen LogP contribution in [0.5, 0.6) is 0 Å². The summed E-state index contributed by atoms with van der Waals surface area (Å²) in [6.45, 7) is 7.84. The fourth-order valence-electron chi connectivity index (χ4n) is 5.14. The van der Waals surface area contributed by atoms with Gasteiger partial charge in [0.15, 0.2) is 5.82 Å². The summed E-state index contributed by atoms with van der Waals surface area (Å²) in [5.74, 6) is -0.629. The predicted molar refractivity (Wildman–Crippen MR) is 156 cm³/mol. The summed E-state index contributed by atoms with van der Waals surface area (Å²) >= 11 is 6.38. The Balaban J connectivity index is 1.29. The van der Waals surface area contributed by atoms with Gasteiger partial charge in [-0.2, -0.15) is 5.10 Å². The van der Waals surface area contributed by atoms with Crippen LogP contribution < -0.4 is 5.32 Å². The fraction of sp³-hybridized carbons (Fsp3) is 0.219.